The molecule has 3 aromatic carbocycles. The van der Waals surface area contributed by atoms with Crippen LogP contribution in [0.3, 0.4) is 0 Å². The van der Waals surface area contributed by atoms with Crippen molar-refractivity contribution in [3.63, 3.8) is 0 Å². The maximum absolute atomic E-state index is 13.7. The molecule has 8 heteroatoms. The standard InChI is InChI=1S/C34H30Cl2INO4/c1-41-30-17-22(16-25(37)34(30)42-19-21-13-14-23(35)24(36)15-21)31-32-26(9-5-11-28(32)39)38(18-20-7-3-2-4-8-20)27-10-6-12-29(40)33(27)31/h2-4,7-8,13-17,31H,5-6,9-12,18-19H2,1H3. The van der Waals surface area contributed by atoms with E-state index in [4.69, 9.17) is 32.7 Å². The highest BCUT2D eigenvalue weighted by molar-refractivity contribution is 14.1. The number of ketones is 2. The van der Waals surface area contributed by atoms with E-state index in [-0.39, 0.29) is 18.2 Å². The molecule has 1 heterocycles. The van der Waals surface area contributed by atoms with E-state index in [0.717, 1.165) is 68.5 Å². The Bertz CT molecular complexity index is 1590. The van der Waals surface area contributed by atoms with E-state index in [9.17, 15) is 9.59 Å². The molecule has 6 rings (SSSR count). The maximum atomic E-state index is 13.7. The van der Waals surface area contributed by atoms with Crippen LogP contribution in [-0.4, -0.2) is 23.6 Å². The van der Waals surface area contributed by atoms with Gasteiger partial charge in [0.1, 0.15) is 6.61 Å². The Kier molecular flexibility index (Phi) is 8.66. The van der Waals surface area contributed by atoms with Crippen molar-refractivity contribution in [3.8, 4) is 11.5 Å². The first-order chi connectivity index (χ1) is 20.4. The number of benzene rings is 3. The van der Waals surface area contributed by atoms with Gasteiger partial charge in [-0.1, -0.05) is 59.6 Å². The molecular formula is C34H30Cl2INO4. The smallest absolute Gasteiger partial charge is 0.174 e. The van der Waals surface area contributed by atoms with Crippen LogP contribution in [0.1, 0.15) is 61.1 Å². The second-order valence-corrected chi connectivity index (χ2v) is 12.8. The van der Waals surface area contributed by atoms with Gasteiger partial charge in [0.05, 0.1) is 20.7 Å². The molecule has 0 radical (unpaired) electrons. The average Bonchev–Trinajstić information content (AvgIpc) is 2.99. The third kappa shape index (κ3) is 5.61. The number of methoxy groups -OCH3 is 1. The number of carbonyl (C=O) groups excluding carboxylic acids is 2. The Morgan fingerprint density at radius 2 is 1.50 bits per heavy atom. The van der Waals surface area contributed by atoms with Gasteiger partial charge in [0, 0.05) is 47.8 Å². The normalized spacial score (nSPS) is 17.4. The summed E-state index contributed by atoms with van der Waals surface area (Å²) in [5.41, 5.74) is 6.54. The van der Waals surface area contributed by atoms with Crippen molar-refractivity contribution in [3.05, 3.63) is 114 Å². The van der Waals surface area contributed by atoms with Crippen LogP contribution in [0.15, 0.2) is 83.2 Å². The molecule has 1 aliphatic heterocycles. The second-order valence-electron chi connectivity index (χ2n) is 10.9. The molecule has 42 heavy (non-hydrogen) atoms. The quantitative estimate of drug-likeness (QED) is 0.229. The van der Waals surface area contributed by atoms with Gasteiger partial charge >= 0.3 is 0 Å². The minimum Gasteiger partial charge on any atom is -0.493 e. The van der Waals surface area contributed by atoms with Gasteiger partial charge in [-0.05, 0) is 89.2 Å². The molecule has 0 bridgehead atoms. The average molecular weight is 714 g/mol. The van der Waals surface area contributed by atoms with Crippen LogP contribution >= 0.6 is 45.8 Å². The van der Waals surface area contributed by atoms with E-state index in [1.807, 2.05) is 36.4 Å². The zero-order valence-corrected chi connectivity index (χ0v) is 26.9. The maximum Gasteiger partial charge on any atom is 0.174 e. The third-order valence-electron chi connectivity index (χ3n) is 8.22. The first kappa shape index (κ1) is 29.3. The van der Waals surface area contributed by atoms with Crippen molar-refractivity contribution < 1.29 is 19.1 Å². The van der Waals surface area contributed by atoms with Crippen LogP contribution in [0.25, 0.3) is 0 Å². The van der Waals surface area contributed by atoms with Crippen molar-refractivity contribution >= 4 is 57.4 Å². The van der Waals surface area contributed by atoms with Crippen molar-refractivity contribution in [1.29, 1.82) is 0 Å². The summed E-state index contributed by atoms with van der Waals surface area (Å²) in [5, 5.41) is 0.958. The number of rotatable bonds is 7. The van der Waals surface area contributed by atoms with Crippen LogP contribution in [0.4, 0.5) is 0 Å². The van der Waals surface area contributed by atoms with Crippen LogP contribution < -0.4 is 9.47 Å². The Hall–Kier alpha value is -2.81. The highest BCUT2D eigenvalue weighted by Crippen LogP contribution is 2.51. The number of allylic oxidation sites excluding steroid dienone is 4. The van der Waals surface area contributed by atoms with Gasteiger partial charge in [0.25, 0.3) is 0 Å². The molecule has 0 saturated heterocycles. The predicted octanol–water partition coefficient (Wildman–Crippen LogP) is 8.80. The largest absolute Gasteiger partial charge is 0.493 e. The fourth-order valence-electron chi connectivity index (χ4n) is 6.34. The highest BCUT2D eigenvalue weighted by Gasteiger charge is 2.43. The Morgan fingerprint density at radius 3 is 2.12 bits per heavy atom. The molecule has 5 nitrogen and oxygen atoms in total. The number of ether oxygens (including phenoxy) is 2. The summed E-state index contributed by atoms with van der Waals surface area (Å²) >= 11 is 14.5. The number of carbonyl (C=O) groups is 2. The van der Waals surface area contributed by atoms with E-state index in [1.165, 1.54) is 0 Å². The Balaban J connectivity index is 1.43. The number of nitrogens with zero attached hydrogens (tertiary/aromatic N) is 1. The van der Waals surface area contributed by atoms with Crippen molar-refractivity contribution in [1.82, 2.24) is 4.90 Å². The van der Waals surface area contributed by atoms with Crippen LogP contribution in [0.2, 0.25) is 10.0 Å². The van der Waals surface area contributed by atoms with Crippen molar-refractivity contribution in [2.75, 3.05) is 7.11 Å². The molecule has 0 atom stereocenters. The first-order valence-electron chi connectivity index (χ1n) is 14.1. The molecule has 0 spiro atoms. The number of hydrogen-bond acceptors (Lipinski definition) is 5. The molecule has 0 aromatic heterocycles. The van der Waals surface area contributed by atoms with Crippen LogP contribution in [-0.2, 0) is 22.7 Å². The number of halogens is 3. The zero-order chi connectivity index (χ0) is 29.4. The summed E-state index contributed by atoms with van der Waals surface area (Å²) in [4.78, 5) is 29.7. The summed E-state index contributed by atoms with van der Waals surface area (Å²) in [6.07, 6.45) is 4.24. The van der Waals surface area contributed by atoms with Crippen molar-refractivity contribution in [2.45, 2.75) is 57.6 Å². The van der Waals surface area contributed by atoms with Crippen LogP contribution in [0, 0.1) is 3.57 Å². The lowest BCUT2D eigenvalue weighted by Crippen LogP contribution is -2.38. The molecule has 3 aromatic rings. The van der Waals surface area contributed by atoms with E-state index >= 15 is 0 Å². The van der Waals surface area contributed by atoms with E-state index in [2.05, 4.69) is 39.6 Å². The minimum absolute atomic E-state index is 0.123. The summed E-state index contributed by atoms with van der Waals surface area (Å²) in [7, 11) is 1.61. The van der Waals surface area contributed by atoms with Gasteiger partial charge in [-0.25, -0.2) is 0 Å². The van der Waals surface area contributed by atoms with E-state index in [1.54, 1.807) is 19.2 Å². The Labute approximate surface area is 269 Å². The summed E-state index contributed by atoms with van der Waals surface area (Å²) in [6, 6.07) is 19.6. The monoisotopic (exact) mass is 713 g/mol. The van der Waals surface area contributed by atoms with Gasteiger partial charge in [-0.15, -0.1) is 0 Å². The lowest BCUT2D eigenvalue weighted by molar-refractivity contribution is -0.117. The van der Waals surface area contributed by atoms with Gasteiger partial charge in [-0.2, -0.15) is 0 Å². The molecular weight excluding hydrogens is 684 g/mol. The zero-order valence-electron chi connectivity index (χ0n) is 23.2. The first-order valence-corrected chi connectivity index (χ1v) is 16.0. The second kappa shape index (κ2) is 12.4. The van der Waals surface area contributed by atoms with Gasteiger partial charge in [0.15, 0.2) is 23.1 Å². The lowest BCUT2D eigenvalue weighted by atomic mass is 9.71. The van der Waals surface area contributed by atoms with E-state index < -0.39 is 5.92 Å². The van der Waals surface area contributed by atoms with Crippen molar-refractivity contribution in [2.24, 2.45) is 0 Å². The number of hydrogen-bond donors (Lipinski definition) is 0. The summed E-state index contributed by atoms with van der Waals surface area (Å²) in [6.45, 7) is 0.927. The fraction of sp³-hybridized carbons (Fsp3) is 0.294. The van der Waals surface area contributed by atoms with Gasteiger partial charge < -0.3 is 14.4 Å². The van der Waals surface area contributed by atoms with Gasteiger partial charge in [0.2, 0.25) is 0 Å². The molecule has 0 N–H and O–H groups in total. The topological polar surface area (TPSA) is 55.8 Å². The molecule has 216 valence electrons. The molecule has 0 saturated carbocycles. The fourth-order valence-corrected chi connectivity index (χ4v) is 7.44. The molecule has 0 fully saturated rings. The molecule has 3 aliphatic rings. The van der Waals surface area contributed by atoms with Gasteiger partial charge in [-0.3, -0.25) is 9.59 Å². The van der Waals surface area contributed by atoms with E-state index in [0.29, 0.717) is 40.9 Å². The predicted molar refractivity (Wildman–Crippen MR) is 173 cm³/mol. The minimum atomic E-state index is -0.422. The molecule has 0 amide bonds. The lowest BCUT2D eigenvalue weighted by Gasteiger charge is -2.44. The Morgan fingerprint density at radius 1 is 0.833 bits per heavy atom. The third-order valence-corrected chi connectivity index (χ3v) is 9.76. The SMILES string of the molecule is COc1cc(C2C3=C(CCCC3=O)N(Cc3ccccc3)C3=C2C(=O)CCC3)cc(I)c1OCc1ccc(Cl)c(Cl)c1. The molecule has 0 unspecified atom stereocenters. The highest BCUT2D eigenvalue weighted by atomic mass is 127. The van der Waals surface area contributed by atoms with Crippen LogP contribution in [0.5, 0.6) is 11.5 Å². The summed E-state index contributed by atoms with van der Waals surface area (Å²) < 4.78 is 12.9. The number of Topliss-reactive ketones (excluding diaryl/α,β-unsaturated/α-hetero) is 2. The molecule has 2 aliphatic carbocycles. The summed E-state index contributed by atoms with van der Waals surface area (Å²) in [5.74, 6) is 0.979.